The number of carbonyl (C=O) groups excluding carboxylic acids is 1. The van der Waals surface area contributed by atoms with E-state index < -0.39 is 6.10 Å². The van der Waals surface area contributed by atoms with E-state index in [0.717, 1.165) is 22.3 Å². The minimum Gasteiger partial charge on any atom is -0.481 e. The molecule has 2 aromatic heterocycles. The van der Waals surface area contributed by atoms with Crippen LogP contribution < -0.4 is 9.64 Å². The summed E-state index contributed by atoms with van der Waals surface area (Å²) in [4.78, 5) is 34.5. The Morgan fingerprint density at radius 3 is 2.30 bits per heavy atom. The van der Waals surface area contributed by atoms with Crippen molar-refractivity contribution in [1.82, 2.24) is 24.8 Å². The Labute approximate surface area is 191 Å². The van der Waals surface area contributed by atoms with Gasteiger partial charge in [-0.05, 0) is 49.4 Å². The molecule has 3 heterocycles. The van der Waals surface area contributed by atoms with Crippen molar-refractivity contribution in [2.45, 2.75) is 13.0 Å². The lowest BCUT2D eigenvalue weighted by Crippen LogP contribution is -2.52. The average molecular weight is 441 g/mol. The normalized spacial score (nSPS) is 14.8. The summed E-state index contributed by atoms with van der Waals surface area (Å²) in [5, 5.41) is 0. The van der Waals surface area contributed by atoms with Gasteiger partial charge in [0.05, 0.1) is 22.9 Å². The first-order chi connectivity index (χ1) is 16.2. The van der Waals surface area contributed by atoms with Gasteiger partial charge < -0.3 is 14.5 Å². The maximum Gasteiger partial charge on any atom is 0.263 e. The lowest BCUT2D eigenvalue weighted by molar-refractivity contribution is -0.138. The molecule has 1 aliphatic rings. The van der Waals surface area contributed by atoms with Crippen LogP contribution in [0.4, 0.5) is 5.95 Å². The third-order valence-electron chi connectivity index (χ3n) is 5.69. The van der Waals surface area contributed by atoms with E-state index in [9.17, 15) is 4.79 Å². The van der Waals surface area contributed by atoms with Gasteiger partial charge in [-0.15, -0.1) is 0 Å². The summed E-state index contributed by atoms with van der Waals surface area (Å²) in [7, 11) is 0. The van der Waals surface area contributed by atoms with Crippen LogP contribution in [-0.2, 0) is 4.79 Å². The highest BCUT2D eigenvalue weighted by atomic mass is 16.5. The van der Waals surface area contributed by atoms with Gasteiger partial charge in [0.1, 0.15) is 5.75 Å². The van der Waals surface area contributed by atoms with Crippen LogP contribution >= 0.6 is 0 Å². The van der Waals surface area contributed by atoms with E-state index in [1.807, 2.05) is 53.4 Å². The summed E-state index contributed by atoms with van der Waals surface area (Å²) in [6.07, 6.45) is 4.65. The highest BCUT2D eigenvalue weighted by molar-refractivity contribution is 5.81. The molecule has 33 heavy (non-hydrogen) atoms. The van der Waals surface area contributed by atoms with Gasteiger partial charge in [0.15, 0.2) is 6.10 Å². The molecule has 0 aliphatic carbocycles. The molecule has 5 rings (SSSR count). The van der Waals surface area contributed by atoms with E-state index in [4.69, 9.17) is 4.74 Å². The van der Waals surface area contributed by atoms with Crippen molar-refractivity contribution in [2.24, 2.45) is 0 Å². The molecule has 8 heteroatoms. The number of rotatable bonds is 5. The fraction of sp³-hybridized carbons (Fsp3) is 0.240. The Bertz CT molecular complexity index is 1240. The average Bonchev–Trinajstić information content (AvgIpc) is 2.89. The lowest BCUT2D eigenvalue weighted by atomic mass is 10.1. The van der Waals surface area contributed by atoms with Crippen LogP contribution in [0.15, 0.2) is 73.2 Å². The number of aromatic nitrogens is 4. The van der Waals surface area contributed by atoms with Gasteiger partial charge in [-0.25, -0.2) is 15.0 Å². The summed E-state index contributed by atoms with van der Waals surface area (Å²) in [6, 6.07) is 17.2. The number of benzene rings is 2. The molecule has 1 amide bonds. The zero-order valence-electron chi connectivity index (χ0n) is 18.3. The first kappa shape index (κ1) is 20.8. The van der Waals surface area contributed by atoms with E-state index in [2.05, 4.69) is 24.8 Å². The van der Waals surface area contributed by atoms with E-state index in [1.54, 1.807) is 31.6 Å². The fourth-order valence-electron chi connectivity index (χ4n) is 3.89. The molecule has 0 saturated carbocycles. The van der Waals surface area contributed by atoms with Crippen LogP contribution in [0, 0.1) is 0 Å². The number of hydrogen-bond acceptors (Lipinski definition) is 7. The predicted molar refractivity (Wildman–Crippen MR) is 126 cm³/mol. The van der Waals surface area contributed by atoms with Crippen LogP contribution in [0.1, 0.15) is 6.92 Å². The van der Waals surface area contributed by atoms with Crippen LogP contribution in [0.2, 0.25) is 0 Å². The maximum absolute atomic E-state index is 12.9. The minimum absolute atomic E-state index is 0.0203. The number of para-hydroxylation sites is 2. The number of carbonyl (C=O) groups is 1. The van der Waals surface area contributed by atoms with Crippen molar-refractivity contribution < 1.29 is 9.53 Å². The van der Waals surface area contributed by atoms with Crippen LogP contribution in [0.5, 0.6) is 5.75 Å². The topological polar surface area (TPSA) is 84.3 Å². The Balaban J connectivity index is 1.19. The molecule has 0 radical (unpaired) electrons. The molecule has 1 aliphatic heterocycles. The molecular formula is C25H24N6O2. The Kier molecular flexibility index (Phi) is 5.80. The molecule has 1 saturated heterocycles. The summed E-state index contributed by atoms with van der Waals surface area (Å²) < 4.78 is 5.94. The number of hydrogen-bond donors (Lipinski definition) is 0. The van der Waals surface area contributed by atoms with Crippen molar-refractivity contribution in [3.63, 3.8) is 0 Å². The Morgan fingerprint density at radius 1 is 0.879 bits per heavy atom. The van der Waals surface area contributed by atoms with Crippen molar-refractivity contribution in [3.05, 3.63) is 73.2 Å². The van der Waals surface area contributed by atoms with Crippen LogP contribution in [0.3, 0.4) is 0 Å². The van der Waals surface area contributed by atoms with Gasteiger partial charge in [-0.1, -0.05) is 12.1 Å². The summed E-state index contributed by atoms with van der Waals surface area (Å²) in [6.45, 7) is 4.42. The Hall–Kier alpha value is -4.07. The van der Waals surface area contributed by atoms with Crippen LogP contribution in [0.25, 0.3) is 22.3 Å². The summed E-state index contributed by atoms with van der Waals surface area (Å²) in [5.74, 6) is 1.32. The third-order valence-corrected chi connectivity index (χ3v) is 5.69. The number of amides is 1. The molecule has 166 valence electrons. The number of fused-ring (bicyclic) bond motifs is 1. The SMILES string of the molecule is C[C@H](Oc1ccc(-c2cnc3ccccc3n2)cc1)C(=O)N1CCN(c2ncccn2)CC1. The van der Waals surface area contributed by atoms with E-state index in [-0.39, 0.29) is 5.91 Å². The number of anilines is 1. The van der Waals surface area contributed by atoms with Crippen LogP contribution in [-0.4, -0.2) is 63.0 Å². The smallest absolute Gasteiger partial charge is 0.263 e. The predicted octanol–water partition coefficient (Wildman–Crippen LogP) is 3.20. The largest absolute Gasteiger partial charge is 0.481 e. The summed E-state index contributed by atoms with van der Waals surface area (Å²) in [5.41, 5.74) is 3.46. The standard InChI is InChI=1S/C25H24N6O2/c1-18(24(32)30-13-15-31(16-14-30)25-26-11-4-12-27-25)33-20-9-7-19(8-10-20)23-17-28-21-5-2-3-6-22(21)29-23/h2-12,17-18H,13-16H2,1H3/t18-/m0/s1. The van der Waals surface area contributed by atoms with Crippen molar-refractivity contribution >= 4 is 22.9 Å². The molecule has 0 spiro atoms. The van der Waals surface area contributed by atoms with Gasteiger partial charge in [-0.3, -0.25) is 9.78 Å². The minimum atomic E-state index is -0.573. The first-order valence-electron chi connectivity index (χ1n) is 11.0. The van der Waals surface area contributed by atoms with Crippen molar-refractivity contribution in [1.29, 1.82) is 0 Å². The molecule has 0 bridgehead atoms. The second-order valence-electron chi connectivity index (χ2n) is 7.89. The second kappa shape index (κ2) is 9.20. The zero-order chi connectivity index (χ0) is 22.6. The van der Waals surface area contributed by atoms with Gasteiger partial charge in [0.2, 0.25) is 5.95 Å². The van der Waals surface area contributed by atoms with Crippen molar-refractivity contribution in [2.75, 3.05) is 31.1 Å². The number of nitrogens with zero attached hydrogens (tertiary/aromatic N) is 6. The van der Waals surface area contributed by atoms with Crippen molar-refractivity contribution in [3.8, 4) is 17.0 Å². The highest BCUT2D eigenvalue weighted by Crippen LogP contribution is 2.23. The van der Waals surface area contributed by atoms with Gasteiger partial charge in [0.25, 0.3) is 5.91 Å². The second-order valence-corrected chi connectivity index (χ2v) is 7.89. The fourth-order valence-corrected chi connectivity index (χ4v) is 3.89. The highest BCUT2D eigenvalue weighted by Gasteiger charge is 2.26. The van der Waals surface area contributed by atoms with Gasteiger partial charge >= 0.3 is 0 Å². The molecule has 0 N–H and O–H groups in total. The third kappa shape index (κ3) is 4.59. The zero-order valence-corrected chi connectivity index (χ0v) is 18.3. The molecule has 1 atom stereocenters. The molecule has 8 nitrogen and oxygen atoms in total. The monoisotopic (exact) mass is 440 g/mol. The number of piperazine rings is 1. The molecule has 0 unspecified atom stereocenters. The molecule has 1 fully saturated rings. The lowest BCUT2D eigenvalue weighted by Gasteiger charge is -2.35. The molecular weight excluding hydrogens is 416 g/mol. The van der Waals surface area contributed by atoms with Gasteiger partial charge in [0, 0.05) is 44.1 Å². The number of ether oxygens (including phenoxy) is 1. The quantitative estimate of drug-likeness (QED) is 0.471. The Morgan fingerprint density at radius 2 is 1.58 bits per heavy atom. The van der Waals surface area contributed by atoms with E-state index in [1.165, 1.54) is 0 Å². The molecule has 4 aromatic rings. The molecule has 2 aromatic carbocycles. The summed E-state index contributed by atoms with van der Waals surface area (Å²) >= 11 is 0. The van der Waals surface area contributed by atoms with E-state index in [0.29, 0.717) is 37.9 Å². The first-order valence-corrected chi connectivity index (χ1v) is 11.0. The van der Waals surface area contributed by atoms with E-state index >= 15 is 0 Å². The van der Waals surface area contributed by atoms with Gasteiger partial charge in [-0.2, -0.15) is 0 Å². The maximum atomic E-state index is 12.9.